The molecule has 0 radical (unpaired) electrons. The smallest absolute Gasteiger partial charge is 0.261 e. The van der Waals surface area contributed by atoms with Gasteiger partial charge in [0.25, 0.3) is 5.56 Å². The Morgan fingerprint density at radius 3 is 2.75 bits per heavy atom. The number of rotatable bonds is 6. The van der Waals surface area contributed by atoms with Gasteiger partial charge in [-0.3, -0.25) is 4.79 Å². The molecule has 1 aliphatic rings. The molecular formula is C25H25FN4O2. The van der Waals surface area contributed by atoms with Crippen LogP contribution < -0.4 is 5.56 Å². The van der Waals surface area contributed by atoms with Crippen LogP contribution in [-0.4, -0.2) is 26.3 Å². The van der Waals surface area contributed by atoms with E-state index in [4.69, 9.17) is 9.84 Å². The normalized spacial score (nSPS) is 14.2. The summed E-state index contributed by atoms with van der Waals surface area (Å²) < 4.78 is 22.2. The summed E-state index contributed by atoms with van der Waals surface area (Å²) >= 11 is 0. The first-order valence-electron chi connectivity index (χ1n) is 11.0. The number of pyridine rings is 1. The van der Waals surface area contributed by atoms with Crippen molar-refractivity contribution in [3.05, 3.63) is 76.2 Å². The molecule has 0 fully saturated rings. The highest BCUT2D eigenvalue weighted by atomic mass is 19.1. The molecule has 0 saturated carbocycles. The van der Waals surface area contributed by atoms with E-state index in [0.29, 0.717) is 28.8 Å². The van der Waals surface area contributed by atoms with Crippen molar-refractivity contribution in [1.82, 2.24) is 19.2 Å². The Kier molecular flexibility index (Phi) is 5.57. The molecule has 0 bridgehead atoms. The zero-order chi connectivity index (χ0) is 22.1. The number of halogens is 1. The molecule has 1 aromatic carbocycles. The van der Waals surface area contributed by atoms with E-state index in [1.807, 2.05) is 12.3 Å². The topological polar surface area (TPSA) is 61.4 Å². The van der Waals surface area contributed by atoms with Gasteiger partial charge in [0, 0.05) is 26.0 Å². The fraction of sp³-hybridized carbons (Fsp3) is 0.320. The second kappa shape index (κ2) is 8.67. The van der Waals surface area contributed by atoms with Crippen molar-refractivity contribution < 1.29 is 9.13 Å². The molecule has 4 aromatic rings. The third kappa shape index (κ3) is 3.73. The summed E-state index contributed by atoms with van der Waals surface area (Å²) in [5.74, 6) is -0.304. The number of aromatic nitrogens is 4. The summed E-state index contributed by atoms with van der Waals surface area (Å²) in [6.07, 6.45) is 11.4. The predicted molar refractivity (Wildman–Crippen MR) is 122 cm³/mol. The maximum Gasteiger partial charge on any atom is 0.261 e. The van der Waals surface area contributed by atoms with Gasteiger partial charge in [-0.05, 0) is 55.9 Å². The first kappa shape index (κ1) is 20.6. The van der Waals surface area contributed by atoms with Crippen molar-refractivity contribution in [2.45, 2.75) is 45.3 Å². The van der Waals surface area contributed by atoms with Gasteiger partial charge in [-0.1, -0.05) is 23.8 Å². The molecule has 3 aromatic heterocycles. The summed E-state index contributed by atoms with van der Waals surface area (Å²) in [6.45, 7) is 0.942. The highest BCUT2D eigenvalue weighted by Gasteiger charge is 2.19. The SMILES string of the molecule is COCc1nn2c(ncc3c(=O)n(CCC4=CCCCC4)ccc32)c1-c1ccc(F)cc1. The lowest BCUT2D eigenvalue weighted by molar-refractivity contribution is 0.181. The first-order chi connectivity index (χ1) is 15.7. The Morgan fingerprint density at radius 1 is 1.16 bits per heavy atom. The molecule has 5 rings (SSSR count). The minimum absolute atomic E-state index is 0.0690. The number of benzene rings is 1. The van der Waals surface area contributed by atoms with Gasteiger partial charge in [0.1, 0.15) is 5.82 Å². The van der Waals surface area contributed by atoms with Crippen LogP contribution in [-0.2, 0) is 17.9 Å². The van der Waals surface area contributed by atoms with E-state index >= 15 is 0 Å². The van der Waals surface area contributed by atoms with Gasteiger partial charge < -0.3 is 9.30 Å². The molecular weight excluding hydrogens is 407 g/mol. The molecule has 164 valence electrons. The third-order valence-electron chi connectivity index (χ3n) is 6.13. The molecule has 0 N–H and O–H groups in total. The number of nitrogens with zero attached hydrogens (tertiary/aromatic N) is 4. The van der Waals surface area contributed by atoms with Crippen LogP contribution in [0.2, 0.25) is 0 Å². The number of ether oxygens (including phenoxy) is 1. The highest BCUT2D eigenvalue weighted by molar-refractivity contribution is 5.86. The van der Waals surface area contributed by atoms with Crippen molar-refractivity contribution >= 4 is 16.6 Å². The molecule has 6 nitrogen and oxygen atoms in total. The van der Waals surface area contributed by atoms with Crippen molar-refractivity contribution in [3.63, 3.8) is 0 Å². The van der Waals surface area contributed by atoms with Crippen LogP contribution in [0.1, 0.15) is 37.8 Å². The number of hydrogen-bond acceptors (Lipinski definition) is 4. The molecule has 0 amide bonds. The number of fused-ring (bicyclic) bond motifs is 3. The average Bonchev–Trinajstić information content (AvgIpc) is 3.18. The molecule has 1 aliphatic carbocycles. The summed E-state index contributed by atoms with van der Waals surface area (Å²) in [7, 11) is 1.60. The molecule has 32 heavy (non-hydrogen) atoms. The Morgan fingerprint density at radius 2 is 2.00 bits per heavy atom. The van der Waals surface area contributed by atoms with Crippen molar-refractivity contribution in [2.75, 3.05) is 7.11 Å². The maximum atomic E-state index is 13.5. The van der Waals surface area contributed by atoms with Gasteiger partial charge >= 0.3 is 0 Å². The summed E-state index contributed by atoms with van der Waals surface area (Å²) in [5.41, 5.74) is 4.95. The quantitative estimate of drug-likeness (QED) is 0.407. The summed E-state index contributed by atoms with van der Waals surface area (Å²) in [6, 6.07) is 8.15. The van der Waals surface area contributed by atoms with Crippen LogP contribution in [0.15, 0.2) is 59.2 Å². The van der Waals surface area contributed by atoms with E-state index in [0.717, 1.165) is 30.4 Å². The molecule has 0 unspecified atom stereocenters. The van der Waals surface area contributed by atoms with Crippen LogP contribution in [0.3, 0.4) is 0 Å². The first-order valence-corrected chi connectivity index (χ1v) is 11.0. The molecule has 3 heterocycles. The van der Waals surface area contributed by atoms with Gasteiger partial charge in [-0.2, -0.15) is 5.10 Å². The van der Waals surface area contributed by atoms with Gasteiger partial charge in [0.05, 0.1) is 28.8 Å². The summed E-state index contributed by atoms with van der Waals surface area (Å²) in [4.78, 5) is 17.8. The standard InChI is InChI=1S/C25H25FN4O2/c1-32-16-21-23(18-7-9-19(26)10-8-18)24-27-15-20-22(30(24)28-21)12-14-29(25(20)31)13-11-17-5-3-2-4-6-17/h5,7-10,12,14-15H,2-4,6,11,13,16H2,1H3. The maximum absolute atomic E-state index is 13.5. The Balaban J connectivity index is 1.59. The number of aryl methyl sites for hydroxylation is 1. The van der Waals surface area contributed by atoms with Crippen molar-refractivity contribution in [3.8, 4) is 11.1 Å². The Labute approximate surface area is 185 Å². The average molecular weight is 432 g/mol. The van der Waals surface area contributed by atoms with E-state index in [-0.39, 0.29) is 18.0 Å². The number of allylic oxidation sites excluding steroid dienone is 2. The lowest BCUT2D eigenvalue weighted by atomic mass is 9.97. The number of hydrogen-bond donors (Lipinski definition) is 0. The highest BCUT2D eigenvalue weighted by Crippen LogP contribution is 2.30. The van der Waals surface area contributed by atoms with Gasteiger partial charge in [-0.15, -0.1) is 0 Å². The molecule has 7 heteroatoms. The number of methoxy groups -OCH3 is 1. The van der Waals surface area contributed by atoms with E-state index in [9.17, 15) is 9.18 Å². The van der Waals surface area contributed by atoms with Gasteiger partial charge in [-0.25, -0.2) is 13.9 Å². The largest absolute Gasteiger partial charge is 0.378 e. The van der Waals surface area contributed by atoms with Gasteiger partial charge in [0.15, 0.2) is 5.65 Å². The molecule has 0 aliphatic heterocycles. The molecule has 0 spiro atoms. The zero-order valence-electron chi connectivity index (χ0n) is 18.1. The fourth-order valence-electron chi connectivity index (χ4n) is 4.48. The fourth-order valence-corrected chi connectivity index (χ4v) is 4.48. The lowest BCUT2D eigenvalue weighted by Crippen LogP contribution is -2.21. The van der Waals surface area contributed by atoms with E-state index in [1.165, 1.54) is 30.5 Å². The monoisotopic (exact) mass is 432 g/mol. The Bertz CT molecular complexity index is 1370. The van der Waals surface area contributed by atoms with Crippen molar-refractivity contribution in [1.29, 1.82) is 0 Å². The van der Waals surface area contributed by atoms with Crippen LogP contribution in [0.25, 0.3) is 27.7 Å². The van der Waals surface area contributed by atoms with Crippen LogP contribution in [0.4, 0.5) is 4.39 Å². The van der Waals surface area contributed by atoms with Crippen molar-refractivity contribution in [2.24, 2.45) is 0 Å². The summed E-state index contributed by atoms with van der Waals surface area (Å²) in [5, 5.41) is 5.22. The minimum Gasteiger partial charge on any atom is -0.378 e. The molecule has 0 atom stereocenters. The van der Waals surface area contributed by atoms with Crippen LogP contribution >= 0.6 is 0 Å². The second-order valence-corrected chi connectivity index (χ2v) is 8.23. The van der Waals surface area contributed by atoms with Gasteiger partial charge in [0.2, 0.25) is 0 Å². The molecule has 0 saturated heterocycles. The zero-order valence-corrected chi connectivity index (χ0v) is 18.1. The van der Waals surface area contributed by atoms with E-state index in [2.05, 4.69) is 11.1 Å². The Hall–Kier alpha value is -3.32. The second-order valence-electron chi connectivity index (χ2n) is 8.23. The van der Waals surface area contributed by atoms with E-state index in [1.54, 1.807) is 34.5 Å². The van der Waals surface area contributed by atoms with Crippen LogP contribution in [0, 0.1) is 5.82 Å². The lowest BCUT2D eigenvalue weighted by Gasteiger charge is -2.13. The van der Waals surface area contributed by atoms with Crippen LogP contribution in [0.5, 0.6) is 0 Å². The predicted octanol–water partition coefficient (Wildman–Crippen LogP) is 4.89. The van der Waals surface area contributed by atoms with E-state index < -0.39 is 0 Å². The third-order valence-corrected chi connectivity index (χ3v) is 6.13. The minimum atomic E-state index is -0.304.